The van der Waals surface area contributed by atoms with Crippen LogP contribution < -0.4 is 0 Å². The number of H-pyrrole nitrogens is 1. The molecule has 1 unspecified atom stereocenters. The van der Waals surface area contributed by atoms with E-state index in [1.165, 1.54) is 11.7 Å². The average molecular weight is 358 g/mol. The zero-order valence-electron chi connectivity index (χ0n) is 15.0. The second-order valence-electron chi connectivity index (χ2n) is 7.15. The summed E-state index contributed by atoms with van der Waals surface area (Å²) in [7, 11) is 2.04. The third-order valence-electron chi connectivity index (χ3n) is 5.36. The minimum absolute atomic E-state index is 0.111. The van der Waals surface area contributed by atoms with Gasteiger partial charge in [0.1, 0.15) is 12.1 Å². The van der Waals surface area contributed by atoms with Crippen molar-refractivity contribution in [3.05, 3.63) is 83.7 Å². The highest BCUT2D eigenvalue weighted by atomic mass is 19.1. The molecule has 134 valence electrons. The van der Waals surface area contributed by atoms with Gasteiger partial charge in [0.25, 0.3) is 0 Å². The lowest BCUT2D eigenvalue weighted by molar-refractivity contribution is 0.287. The fourth-order valence-corrected chi connectivity index (χ4v) is 4.07. The Labute approximate surface area is 156 Å². The van der Waals surface area contributed by atoms with Crippen molar-refractivity contribution in [1.29, 1.82) is 0 Å². The molecular formula is C22H19FN4. The predicted octanol–water partition coefficient (Wildman–Crippen LogP) is 4.34. The van der Waals surface area contributed by atoms with Crippen LogP contribution in [-0.2, 0) is 6.54 Å². The van der Waals surface area contributed by atoms with E-state index in [0.29, 0.717) is 17.8 Å². The van der Waals surface area contributed by atoms with Gasteiger partial charge >= 0.3 is 0 Å². The first-order valence-corrected chi connectivity index (χ1v) is 9.04. The molecule has 0 radical (unpaired) electrons. The largest absolute Gasteiger partial charge is 0.358 e. The Kier molecular flexibility index (Phi) is 3.76. The number of nitrogens with zero attached hydrogens (tertiary/aromatic N) is 3. The summed E-state index contributed by atoms with van der Waals surface area (Å²) in [5.74, 6) is -0.0704. The van der Waals surface area contributed by atoms with Crippen molar-refractivity contribution in [2.75, 3.05) is 13.6 Å². The zero-order chi connectivity index (χ0) is 18.4. The number of nitrogens with one attached hydrogen (secondary N) is 1. The summed E-state index contributed by atoms with van der Waals surface area (Å²) in [5.41, 5.74) is 5.18. The Bertz CT molecular complexity index is 1090. The van der Waals surface area contributed by atoms with Gasteiger partial charge in [0.05, 0.1) is 5.69 Å². The predicted molar refractivity (Wildman–Crippen MR) is 104 cm³/mol. The van der Waals surface area contributed by atoms with Crippen molar-refractivity contribution < 1.29 is 4.39 Å². The second kappa shape index (κ2) is 6.28. The minimum Gasteiger partial charge on any atom is -0.358 e. The summed E-state index contributed by atoms with van der Waals surface area (Å²) < 4.78 is 15.4. The van der Waals surface area contributed by atoms with Gasteiger partial charge in [0, 0.05) is 47.5 Å². The molecule has 3 heterocycles. The van der Waals surface area contributed by atoms with Gasteiger partial charge in [-0.3, -0.25) is 0 Å². The Hall–Kier alpha value is -3.05. The van der Waals surface area contributed by atoms with E-state index >= 15 is 4.39 Å². The van der Waals surface area contributed by atoms with Gasteiger partial charge in [-0.1, -0.05) is 24.3 Å². The smallest absolute Gasteiger partial charge is 0.137 e. The molecule has 2 aromatic carbocycles. The number of para-hydroxylation sites is 1. The molecule has 1 atom stereocenters. The maximum Gasteiger partial charge on any atom is 0.137 e. The number of hydrogen-bond acceptors (Lipinski definition) is 3. The van der Waals surface area contributed by atoms with Crippen LogP contribution in [-0.4, -0.2) is 33.4 Å². The fourth-order valence-electron chi connectivity index (χ4n) is 4.07. The molecule has 2 aromatic heterocycles. The molecule has 4 aromatic rings. The number of likely N-dealkylation sites (N-methyl/N-ethyl adjacent to an activating group) is 1. The van der Waals surface area contributed by atoms with Crippen molar-refractivity contribution in [2.24, 2.45) is 0 Å². The van der Waals surface area contributed by atoms with E-state index in [4.69, 9.17) is 0 Å². The topological polar surface area (TPSA) is 44.8 Å². The van der Waals surface area contributed by atoms with Gasteiger partial charge in [-0.25, -0.2) is 14.4 Å². The van der Waals surface area contributed by atoms with Crippen LogP contribution >= 0.6 is 0 Å². The van der Waals surface area contributed by atoms with Crippen molar-refractivity contribution >= 4 is 10.9 Å². The van der Waals surface area contributed by atoms with E-state index < -0.39 is 0 Å². The van der Waals surface area contributed by atoms with E-state index in [1.807, 2.05) is 25.2 Å². The number of rotatable bonds is 2. The third kappa shape index (κ3) is 2.71. The highest BCUT2D eigenvalue weighted by Gasteiger charge is 2.29. The van der Waals surface area contributed by atoms with Gasteiger partial charge in [-0.15, -0.1) is 0 Å². The number of halogens is 1. The zero-order valence-corrected chi connectivity index (χ0v) is 15.0. The summed E-state index contributed by atoms with van der Waals surface area (Å²) >= 11 is 0. The van der Waals surface area contributed by atoms with E-state index in [9.17, 15) is 0 Å². The Morgan fingerprint density at radius 2 is 2.04 bits per heavy atom. The van der Waals surface area contributed by atoms with Crippen molar-refractivity contribution in [1.82, 2.24) is 19.9 Å². The lowest BCUT2D eigenvalue weighted by Crippen LogP contribution is -2.32. The Morgan fingerprint density at radius 3 is 2.85 bits per heavy atom. The first-order chi connectivity index (χ1) is 13.2. The monoisotopic (exact) mass is 358 g/mol. The summed E-state index contributed by atoms with van der Waals surface area (Å²) in [6, 6.07) is 16.1. The Morgan fingerprint density at radius 1 is 1.15 bits per heavy atom. The fraction of sp³-hybridized carbons (Fsp3) is 0.182. The molecule has 1 aliphatic rings. The Balaban J connectivity index is 1.64. The van der Waals surface area contributed by atoms with Gasteiger partial charge < -0.3 is 9.88 Å². The number of fused-ring (bicyclic) bond motifs is 2. The number of benzene rings is 2. The molecule has 27 heavy (non-hydrogen) atoms. The van der Waals surface area contributed by atoms with Crippen LogP contribution in [0.2, 0.25) is 0 Å². The molecule has 5 rings (SSSR count). The standard InChI is InChI=1S/C22H19FN4/c1-27-11-17(21-10-14-4-2-3-5-19(14)26-21)15-6-7-16(22(23)18(15)12-27)20-8-9-24-13-25-20/h2-10,13,17,26H,11-12H2,1H3. The first kappa shape index (κ1) is 16.1. The molecule has 0 saturated heterocycles. The summed E-state index contributed by atoms with van der Waals surface area (Å²) in [5, 5.41) is 1.18. The van der Waals surface area contributed by atoms with E-state index in [2.05, 4.69) is 44.1 Å². The lowest BCUT2D eigenvalue weighted by atomic mass is 9.86. The van der Waals surface area contributed by atoms with E-state index in [0.717, 1.165) is 28.9 Å². The summed E-state index contributed by atoms with van der Waals surface area (Å²) in [6.45, 7) is 1.45. The van der Waals surface area contributed by atoms with Gasteiger partial charge in [-0.05, 0) is 42.3 Å². The SMILES string of the molecule is CN1Cc2c(ccc(-c3ccncn3)c2F)C(c2cc3ccccc3[nH]2)C1. The first-order valence-electron chi connectivity index (χ1n) is 9.04. The van der Waals surface area contributed by atoms with Gasteiger partial charge in [0.15, 0.2) is 0 Å². The van der Waals surface area contributed by atoms with Crippen LogP contribution in [0.1, 0.15) is 22.7 Å². The maximum absolute atomic E-state index is 15.4. The van der Waals surface area contributed by atoms with Crippen molar-refractivity contribution in [2.45, 2.75) is 12.5 Å². The molecule has 0 saturated carbocycles. The molecule has 0 bridgehead atoms. The molecule has 0 spiro atoms. The highest BCUT2D eigenvalue weighted by Crippen LogP contribution is 2.37. The number of aromatic nitrogens is 3. The van der Waals surface area contributed by atoms with Crippen LogP contribution in [0.3, 0.4) is 0 Å². The van der Waals surface area contributed by atoms with Crippen LogP contribution in [0.4, 0.5) is 4.39 Å². The molecule has 1 aliphatic heterocycles. The molecule has 0 amide bonds. The van der Waals surface area contributed by atoms with Crippen molar-refractivity contribution in [3.8, 4) is 11.3 Å². The quantitative estimate of drug-likeness (QED) is 0.580. The number of hydrogen-bond donors (Lipinski definition) is 1. The highest BCUT2D eigenvalue weighted by molar-refractivity contribution is 5.80. The minimum atomic E-state index is -0.182. The maximum atomic E-state index is 15.4. The second-order valence-corrected chi connectivity index (χ2v) is 7.15. The molecule has 0 aliphatic carbocycles. The van der Waals surface area contributed by atoms with Gasteiger partial charge in [-0.2, -0.15) is 0 Å². The average Bonchev–Trinajstić information content (AvgIpc) is 3.13. The molecule has 5 heteroatoms. The van der Waals surface area contributed by atoms with Gasteiger partial charge in [0.2, 0.25) is 0 Å². The van der Waals surface area contributed by atoms with Crippen LogP contribution in [0.5, 0.6) is 0 Å². The van der Waals surface area contributed by atoms with Crippen molar-refractivity contribution in [3.63, 3.8) is 0 Å². The van der Waals surface area contributed by atoms with Crippen LogP contribution in [0.25, 0.3) is 22.2 Å². The molecule has 4 nitrogen and oxygen atoms in total. The normalized spacial score (nSPS) is 17.2. The molecular weight excluding hydrogens is 339 g/mol. The van der Waals surface area contributed by atoms with E-state index in [-0.39, 0.29) is 11.7 Å². The summed E-state index contributed by atoms with van der Waals surface area (Å²) in [6.07, 6.45) is 3.09. The molecule has 0 fully saturated rings. The third-order valence-corrected chi connectivity index (χ3v) is 5.36. The van der Waals surface area contributed by atoms with E-state index in [1.54, 1.807) is 12.3 Å². The van der Waals surface area contributed by atoms with Crippen LogP contribution in [0.15, 0.2) is 61.1 Å². The summed E-state index contributed by atoms with van der Waals surface area (Å²) in [4.78, 5) is 13.8. The number of aromatic amines is 1. The van der Waals surface area contributed by atoms with Crippen LogP contribution in [0, 0.1) is 5.82 Å². The molecule has 1 N–H and O–H groups in total. The lowest BCUT2D eigenvalue weighted by Gasteiger charge is -2.32.